The number of rotatable bonds is 0. The lowest BCUT2D eigenvalue weighted by molar-refractivity contribution is 0.198. The summed E-state index contributed by atoms with van der Waals surface area (Å²) in [5.41, 5.74) is 0.212. The SMILES string of the molecule is CN=C1NC(C)(C)C2CCC(C)(CC2)S1. The molecule has 0 aromatic heterocycles. The Labute approximate surface area is 97.3 Å². The molecule has 3 heteroatoms. The molecule has 0 radical (unpaired) electrons. The molecule has 3 rings (SSSR count). The number of aliphatic imine (C=N–C) groups is 1. The third-order valence-corrected chi connectivity index (χ3v) is 5.42. The van der Waals surface area contributed by atoms with Crippen LogP contribution in [0.15, 0.2) is 4.99 Å². The molecular weight excluding hydrogens is 204 g/mol. The Balaban J connectivity index is 2.26. The second kappa shape index (κ2) is 3.69. The van der Waals surface area contributed by atoms with Gasteiger partial charge in [0.15, 0.2) is 5.17 Å². The first kappa shape index (κ1) is 11.3. The Morgan fingerprint density at radius 1 is 1.27 bits per heavy atom. The van der Waals surface area contributed by atoms with E-state index in [9.17, 15) is 0 Å². The molecule has 0 amide bonds. The highest BCUT2D eigenvalue weighted by atomic mass is 32.2. The summed E-state index contributed by atoms with van der Waals surface area (Å²) in [5.74, 6) is 0.809. The van der Waals surface area contributed by atoms with Crippen LogP contribution in [0.1, 0.15) is 46.5 Å². The summed E-state index contributed by atoms with van der Waals surface area (Å²) in [7, 11) is 1.89. The van der Waals surface area contributed by atoms with Crippen LogP contribution < -0.4 is 5.32 Å². The maximum absolute atomic E-state index is 4.38. The van der Waals surface area contributed by atoms with E-state index in [0.717, 1.165) is 11.1 Å². The summed E-state index contributed by atoms with van der Waals surface area (Å²) in [6.45, 7) is 7.02. The molecule has 1 N–H and O–H groups in total. The molecular formula is C12H22N2S. The van der Waals surface area contributed by atoms with Crippen LogP contribution in [0.3, 0.4) is 0 Å². The third-order valence-electron chi connectivity index (χ3n) is 4.04. The zero-order valence-corrected chi connectivity index (χ0v) is 11.1. The Morgan fingerprint density at radius 3 is 2.40 bits per heavy atom. The highest BCUT2D eigenvalue weighted by Crippen LogP contribution is 2.47. The minimum atomic E-state index is 0.212. The van der Waals surface area contributed by atoms with Crippen molar-refractivity contribution in [2.75, 3.05) is 7.05 Å². The molecule has 86 valence electrons. The number of thioether (sulfide) groups is 1. The zero-order valence-electron chi connectivity index (χ0n) is 10.3. The minimum Gasteiger partial charge on any atom is -0.360 e. The molecule has 2 bridgehead atoms. The summed E-state index contributed by atoms with van der Waals surface area (Å²) < 4.78 is 0.425. The normalized spacial score (nSPS) is 42.1. The fourth-order valence-electron chi connectivity index (χ4n) is 2.79. The van der Waals surface area contributed by atoms with Crippen molar-refractivity contribution in [2.24, 2.45) is 10.9 Å². The molecule has 3 fully saturated rings. The van der Waals surface area contributed by atoms with Crippen molar-refractivity contribution in [1.82, 2.24) is 5.32 Å². The highest BCUT2D eigenvalue weighted by Gasteiger charge is 2.42. The van der Waals surface area contributed by atoms with E-state index in [1.54, 1.807) is 0 Å². The molecule has 2 nitrogen and oxygen atoms in total. The van der Waals surface area contributed by atoms with E-state index in [0.29, 0.717) is 4.75 Å². The first-order chi connectivity index (χ1) is 6.95. The van der Waals surface area contributed by atoms with Gasteiger partial charge in [-0.3, -0.25) is 4.99 Å². The van der Waals surface area contributed by atoms with Gasteiger partial charge in [0.25, 0.3) is 0 Å². The summed E-state index contributed by atoms with van der Waals surface area (Å²) in [6.07, 6.45) is 5.40. The van der Waals surface area contributed by atoms with E-state index >= 15 is 0 Å². The van der Waals surface area contributed by atoms with Gasteiger partial charge in [-0.15, -0.1) is 0 Å². The zero-order chi connectivity index (χ0) is 11.1. The second-order valence-electron chi connectivity index (χ2n) is 5.70. The largest absolute Gasteiger partial charge is 0.360 e. The van der Waals surface area contributed by atoms with Gasteiger partial charge in [0, 0.05) is 17.3 Å². The average Bonchev–Trinajstić information content (AvgIpc) is 2.15. The Kier molecular flexibility index (Phi) is 2.78. The molecule has 2 saturated heterocycles. The highest BCUT2D eigenvalue weighted by molar-refractivity contribution is 8.15. The van der Waals surface area contributed by atoms with E-state index in [4.69, 9.17) is 0 Å². The summed E-state index contributed by atoms with van der Waals surface area (Å²) >= 11 is 1.95. The van der Waals surface area contributed by atoms with Gasteiger partial charge >= 0.3 is 0 Å². The van der Waals surface area contributed by atoms with Crippen LogP contribution in [0.25, 0.3) is 0 Å². The van der Waals surface area contributed by atoms with Crippen molar-refractivity contribution in [3.8, 4) is 0 Å². The van der Waals surface area contributed by atoms with E-state index < -0.39 is 0 Å². The van der Waals surface area contributed by atoms with Crippen molar-refractivity contribution in [3.05, 3.63) is 0 Å². The van der Waals surface area contributed by atoms with Crippen LogP contribution in [-0.4, -0.2) is 22.5 Å². The average molecular weight is 226 g/mol. The van der Waals surface area contributed by atoms with Crippen LogP contribution >= 0.6 is 11.8 Å². The summed E-state index contributed by atoms with van der Waals surface area (Å²) in [4.78, 5) is 4.38. The number of fused-ring (bicyclic) bond motifs is 5. The Bertz CT molecular complexity index is 271. The number of nitrogens with one attached hydrogen (secondary N) is 1. The molecule has 0 aromatic carbocycles. The molecule has 2 heterocycles. The molecule has 2 aliphatic heterocycles. The first-order valence-corrected chi connectivity index (χ1v) is 6.71. The van der Waals surface area contributed by atoms with Gasteiger partial charge in [-0.25, -0.2) is 0 Å². The van der Waals surface area contributed by atoms with Crippen molar-refractivity contribution in [1.29, 1.82) is 0 Å². The van der Waals surface area contributed by atoms with Gasteiger partial charge in [-0.05, 0) is 52.4 Å². The topological polar surface area (TPSA) is 24.4 Å². The maximum atomic E-state index is 4.38. The van der Waals surface area contributed by atoms with Gasteiger partial charge in [-0.1, -0.05) is 11.8 Å². The molecule has 0 atom stereocenters. The van der Waals surface area contributed by atoms with Crippen molar-refractivity contribution in [3.63, 3.8) is 0 Å². The van der Waals surface area contributed by atoms with Gasteiger partial charge in [-0.2, -0.15) is 0 Å². The quantitative estimate of drug-likeness (QED) is 0.686. The van der Waals surface area contributed by atoms with Gasteiger partial charge < -0.3 is 5.32 Å². The fraction of sp³-hybridized carbons (Fsp3) is 0.917. The van der Waals surface area contributed by atoms with E-state index in [2.05, 4.69) is 31.1 Å². The molecule has 15 heavy (non-hydrogen) atoms. The van der Waals surface area contributed by atoms with Crippen molar-refractivity contribution < 1.29 is 0 Å². The van der Waals surface area contributed by atoms with E-state index in [-0.39, 0.29) is 5.54 Å². The van der Waals surface area contributed by atoms with Gasteiger partial charge in [0.1, 0.15) is 0 Å². The summed E-state index contributed by atoms with van der Waals surface area (Å²) in [6, 6.07) is 0. The van der Waals surface area contributed by atoms with E-state index in [1.807, 2.05) is 18.8 Å². The third kappa shape index (κ3) is 2.17. The smallest absolute Gasteiger partial charge is 0.157 e. The van der Waals surface area contributed by atoms with Crippen LogP contribution in [0.2, 0.25) is 0 Å². The van der Waals surface area contributed by atoms with E-state index in [1.165, 1.54) is 25.7 Å². The second-order valence-corrected chi connectivity index (χ2v) is 7.28. The van der Waals surface area contributed by atoms with Crippen LogP contribution in [-0.2, 0) is 0 Å². The van der Waals surface area contributed by atoms with Crippen molar-refractivity contribution in [2.45, 2.75) is 56.7 Å². The molecule has 0 aromatic rings. The number of hydrogen-bond donors (Lipinski definition) is 1. The molecule has 3 aliphatic rings. The Morgan fingerprint density at radius 2 is 1.87 bits per heavy atom. The number of nitrogens with zero attached hydrogens (tertiary/aromatic N) is 1. The lowest BCUT2D eigenvalue weighted by Crippen LogP contribution is -2.53. The van der Waals surface area contributed by atoms with Gasteiger partial charge in [0.2, 0.25) is 0 Å². The number of amidine groups is 1. The van der Waals surface area contributed by atoms with Crippen LogP contribution in [0.4, 0.5) is 0 Å². The molecule has 1 aliphatic carbocycles. The summed E-state index contributed by atoms with van der Waals surface area (Å²) in [5, 5.41) is 4.75. The van der Waals surface area contributed by atoms with Crippen LogP contribution in [0.5, 0.6) is 0 Å². The molecule has 0 spiro atoms. The standard InChI is InChI=1S/C12H22N2S/c1-11(2)9-5-7-12(3,8-6-9)15-10(13-4)14-11/h9H,5-8H2,1-4H3,(H,13,14). The monoisotopic (exact) mass is 226 g/mol. The fourth-order valence-corrected chi connectivity index (χ4v) is 4.10. The van der Waals surface area contributed by atoms with Crippen LogP contribution in [0, 0.1) is 5.92 Å². The predicted molar refractivity (Wildman–Crippen MR) is 68.5 cm³/mol. The first-order valence-electron chi connectivity index (χ1n) is 5.89. The lowest BCUT2D eigenvalue weighted by Gasteiger charge is -2.47. The number of hydrogen-bond acceptors (Lipinski definition) is 2. The van der Waals surface area contributed by atoms with Crippen molar-refractivity contribution >= 4 is 16.9 Å². The molecule has 0 unspecified atom stereocenters. The minimum absolute atomic E-state index is 0.212. The lowest BCUT2D eigenvalue weighted by atomic mass is 9.73. The van der Waals surface area contributed by atoms with Gasteiger partial charge in [0.05, 0.1) is 0 Å². The Hall–Kier alpha value is -0.180. The maximum Gasteiger partial charge on any atom is 0.157 e. The molecule has 1 saturated carbocycles. The predicted octanol–water partition coefficient (Wildman–Crippen LogP) is 3.04.